The van der Waals surface area contributed by atoms with E-state index >= 15 is 0 Å². The van der Waals surface area contributed by atoms with E-state index in [1.165, 1.54) is 60.7 Å². The Labute approximate surface area is 345 Å². The van der Waals surface area contributed by atoms with Crippen LogP contribution in [0.5, 0.6) is 0 Å². The van der Waals surface area contributed by atoms with Crippen LogP contribution in [0.2, 0.25) is 0 Å². The second-order valence-electron chi connectivity index (χ2n) is 16.2. The van der Waals surface area contributed by atoms with E-state index in [1.54, 1.807) is 0 Å². The van der Waals surface area contributed by atoms with Gasteiger partial charge >= 0.3 is 0 Å². The molecule has 0 atom stereocenters. The highest BCUT2D eigenvalue weighted by atomic mass is 14.9. The zero-order valence-corrected chi connectivity index (χ0v) is 33.0. The molecule has 2 heteroatoms. The molecule has 0 saturated heterocycles. The molecule has 11 rings (SSSR count). The molecule has 0 saturated carbocycles. The third-order valence-electron chi connectivity index (χ3n) is 12.3. The zero-order chi connectivity index (χ0) is 39.5. The molecule has 0 amide bonds. The van der Waals surface area contributed by atoms with E-state index in [4.69, 9.17) is 9.97 Å². The molecule has 0 N–H and O–H groups in total. The lowest BCUT2D eigenvalue weighted by Crippen LogP contribution is -2.15. The molecule has 1 aliphatic rings. The molecule has 2 nitrogen and oxygen atoms in total. The summed E-state index contributed by atoms with van der Waals surface area (Å²) in [5.74, 6) is 0.706. The van der Waals surface area contributed by atoms with Crippen LogP contribution in [0.4, 0.5) is 0 Å². The molecular formula is C57H40N2. The van der Waals surface area contributed by atoms with Gasteiger partial charge in [-0.15, -0.1) is 0 Å². The largest absolute Gasteiger partial charge is 0.228 e. The third kappa shape index (κ3) is 5.96. The van der Waals surface area contributed by atoms with Gasteiger partial charge in [-0.25, -0.2) is 9.97 Å². The first kappa shape index (κ1) is 34.8. The van der Waals surface area contributed by atoms with Gasteiger partial charge in [-0.1, -0.05) is 196 Å². The predicted molar refractivity (Wildman–Crippen MR) is 247 cm³/mol. The van der Waals surface area contributed by atoms with E-state index in [-0.39, 0.29) is 5.41 Å². The summed E-state index contributed by atoms with van der Waals surface area (Å²) < 4.78 is 0. The summed E-state index contributed by atoms with van der Waals surface area (Å²) in [7, 11) is 0. The van der Waals surface area contributed by atoms with Gasteiger partial charge < -0.3 is 0 Å². The van der Waals surface area contributed by atoms with Gasteiger partial charge in [-0.05, 0) is 101 Å². The van der Waals surface area contributed by atoms with Gasteiger partial charge in [0.15, 0.2) is 5.82 Å². The molecule has 0 radical (unpaired) electrons. The summed E-state index contributed by atoms with van der Waals surface area (Å²) in [6, 6.07) is 74.3. The smallest absolute Gasteiger partial charge is 0.160 e. The number of nitrogens with zero attached hydrogens (tertiary/aromatic N) is 2. The number of aromatic nitrogens is 2. The van der Waals surface area contributed by atoms with Crippen molar-refractivity contribution < 1.29 is 0 Å². The summed E-state index contributed by atoms with van der Waals surface area (Å²) in [6.45, 7) is 4.73. The van der Waals surface area contributed by atoms with E-state index in [2.05, 4.69) is 202 Å². The molecule has 278 valence electrons. The van der Waals surface area contributed by atoms with Crippen molar-refractivity contribution in [3.8, 4) is 78.4 Å². The van der Waals surface area contributed by atoms with Crippen LogP contribution < -0.4 is 0 Å². The predicted octanol–water partition coefficient (Wildman–Crippen LogP) is 15.1. The van der Waals surface area contributed by atoms with Crippen LogP contribution in [0.15, 0.2) is 206 Å². The first-order valence-electron chi connectivity index (χ1n) is 20.4. The van der Waals surface area contributed by atoms with Gasteiger partial charge in [-0.3, -0.25) is 0 Å². The summed E-state index contributed by atoms with van der Waals surface area (Å²) >= 11 is 0. The van der Waals surface area contributed by atoms with Crippen LogP contribution in [-0.4, -0.2) is 9.97 Å². The van der Waals surface area contributed by atoms with Crippen molar-refractivity contribution in [3.05, 3.63) is 217 Å². The first-order chi connectivity index (χ1) is 29.0. The van der Waals surface area contributed by atoms with Gasteiger partial charge in [-0.2, -0.15) is 0 Å². The fraction of sp³-hybridized carbons (Fsp3) is 0.0526. The molecule has 1 heterocycles. The Kier molecular flexibility index (Phi) is 8.20. The van der Waals surface area contributed by atoms with Gasteiger partial charge in [0.25, 0.3) is 0 Å². The van der Waals surface area contributed by atoms with Crippen molar-refractivity contribution in [1.82, 2.24) is 9.97 Å². The maximum absolute atomic E-state index is 5.25. The molecular weight excluding hydrogens is 713 g/mol. The number of benzene rings is 9. The summed E-state index contributed by atoms with van der Waals surface area (Å²) in [6.07, 6.45) is 0. The lowest BCUT2D eigenvalue weighted by atomic mass is 9.81. The molecule has 9 aromatic carbocycles. The Morgan fingerprint density at radius 3 is 1.53 bits per heavy atom. The van der Waals surface area contributed by atoms with Crippen LogP contribution >= 0.6 is 0 Å². The number of rotatable bonds is 6. The summed E-state index contributed by atoms with van der Waals surface area (Å²) in [4.78, 5) is 10.5. The second kappa shape index (κ2) is 13.9. The first-order valence-corrected chi connectivity index (χ1v) is 20.4. The maximum Gasteiger partial charge on any atom is 0.160 e. The molecule has 0 spiro atoms. The van der Waals surface area contributed by atoms with Crippen LogP contribution in [-0.2, 0) is 5.41 Å². The Morgan fingerprint density at radius 1 is 0.305 bits per heavy atom. The lowest BCUT2D eigenvalue weighted by Gasteiger charge is -2.22. The molecule has 59 heavy (non-hydrogen) atoms. The monoisotopic (exact) mass is 752 g/mol. The normalized spacial score (nSPS) is 12.7. The molecule has 10 aromatic rings. The van der Waals surface area contributed by atoms with Gasteiger partial charge in [0, 0.05) is 22.1 Å². The van der Waals surface area contributed by atoms with E-state index in [9.17, 15) is 0 Å². The van der Waals surface area contributed by atoms with Gasteiger partial charge in [0.2, 0.25) is 0 Å². The minimum Gasteiger partial charge on any atom is -0.228 e. The second-order valence-corrected chi connectivity index (χ2v) is 16.2. The molecule has 0 fully saturated rings. The SMILES string of the molecule is CC1(C)c2cc(-c3ccc(-c4ccc(-c5cc(-c6ccccc6-c6ccccc6)nc(-c6ccccc6)n5)c5ccccc45)cc3)ccc2-c2cc3ccccc3cc21. The lowest BCUT2D eigenvalue weighted by molar-refractivity contribution is 0.661. The quantitative estimate of drug-likeness (QED) is 0.169. The Hall–Kier alpha value is -7.42. The van der Waals surface area contributed by atoms with Crippen LogP contribution in [0.3, 0.4) is 0 Å². The number of fused-ring (bicyclic) bond motifs is 5. The van der Waals surface area contributed by atoms with E-state index < -0.39 is 0 Å². The Balaban J connectivity index is 0.981. The average Bonchev–Trinajstić information content (AvgIpc) is 3.52. The highest BCUT2D eigenvalue weighted by Crippen LogP contribution is 2.51. The summed E-state index contributed by atoms with van der Waals surface area (Å²) in [5.41, 5.74) is 17.5. The van der Waals surface area contributed by atoms with Gasteiger partial charge in [0.1, 0.15) is 0 Å². The van der Waals surface area contributed by atoms with Gasteiger partial charge in [0.05, 0.1) is 11.4 Å². The Bertz CT molecular complexity index is 3220. The molecule has 0 aliphatic heterocycles. The Morgan fingerprint density at radius 2 is 0.797 bits per heavy atom. The molecule has 0 unspecified atom stereocenters. The van der Waals surface area contributed by atoms with E-state index in [0.717, 1.165) is 44.6 Å². The van der Waals surface area contributed by atoms with Crippen molar-refractivity contribution in [2.75, 3.05) is 0 Å². The highest BCUT2D eigenvalue weighted by Gasteiger charge is 2.36. The molecule has 1 aromatic heterocycles. The standard InChI is InChI=1S/C57H40N2/c1-57(2)52-35-43(29-30-48(52)51-33-41-19-9-10-20-42(41)34-53(51)57)37-25-27-39(28-26-37)45-31-32-50(47-23-13-12-22-46(45)47)55-36-54(58-56(59-55)40-17-7-4-8-18-40)49-24-14-11-21-44(49)38-15-5-3-6-16-38/h3-36H,1-2H3. The third-order valence-corrected chi connectivity index (χ3v) is 12.3. The van der Waals surface area contributed by atoms with Crippen molar-refractivity contribution >= 4 is 21.5 Å². The minimum atomic E-state index is -0.0805. The zero-order valence-electron chi connectivity index (χ0n) is 33.0. The van der Waals surface area contributed by atoms with Crippen LogP contribution in [0.1, 0.15) is 25.0 Å². The molecule has 1 aliphatic carbocycles. The van der Waals surface area contributed by atoms with Crippen molar-refractivity contribution in [2.24, 2.45) is 0 Å². The van der Waals surface area contributed by atoms with Crippen molar-refractivity contribution in [3.63, 3.8) is 0 Å². The number of hydrogen-bond donors (Lipinski definition) is 0. The summed E-state index contributed by atoms with van der Waals surface area (Å²) in [5, 5.41) is 4.93. The van der Waals surface area contributed by atoms with Crippen LogP contribution in [0, 0.1) is 0 Å². The maximum atomic E-state index is 5.25. The minimum absolute atomic E-state index is 0.0805. The van der Waals surface area contributed by atoms with E-state index in [1.807, 2.05) is 18.2 Å². The fourth-order valence-electron chi connectivity index (χ4n) is 9.23. The van der Waals surface area contributed by atoms with E-state index in [0.29, 0.717) is 5.82 Å². The fourth-order valence-corrected chi connectivity index (χ4v) is 9.23. The van der Waals surface area contributed by atoms with Crippen LogP contribution in [0.25, 0.3) is 100.0 Å². The van der Waals surface area contributed by atoms with Crippen molar-refractivity contribution in [2.45, 2.75) is 19.3 Å². The highest BCUT2D eigenvalue weighted by molar-refractivity contribution is 6.05. The molecule has 0 bridgehead atoms. The van der Waals surface area contributed by atoms with Crippen molar-refractivity contribution in [1.29, 1.82) is 0 Å². The number of hydrogen-bond acceptors (Lipinski definition) is 2. The average molecular weight is 753 g/mol. The topological polar surface area (TPSA) is 25.8 Å².